The average Bonchev–Trinajstić information content (AvgIpc) is 2.62. The van der Waals surface area contributed by atoms with E-state index in [-0.39, 0.29) is 10.6 Å². The van der Waals surface area contributed by atoms with Gasteiger partial charge >= 0.3 is 5.97 Å². The fraction of sp³-hybridized carbons (Fsp3) is 0.250. The molecule has 0 spiro atoms. The number of nitrogens with one attached hydrogen (secondary N) is 1. The van der Waals surface area contributed by atoms with Crippen molar-refractivity contribution in [1.82, 2.24) is 9.71 Å². The summed E-state index contributed by atoms with van der Waals surface area (Å²) < 4.78 is 31.7. The molecule has 6 nitrogen and oxygen atoms in total. The van der Waals surface area contributed by atoms with Crippen molar-refractivity contribution in [3.05, 3.63) is 60.4 Å². The molecule has 8 heteroatoms. The Hall–Kier alpha value is -1.90. The van der Waals surface area contributed by atoms with Crippen LogP contribution in [0.4, 0.5) is 0 Å². The first-order valence-corrected chi connectivity index (χ1v) is 9.78. The highest BCUT2D eigenvalue weighted by Crippen LogP contribution is 2.15. The second-order valence-corrected chi connectivity index (χ2v) is 7.63. The number of ether oxygens (including phenoxy) is 1. The van der Waals surface area contributed by atoms with E-state index in [2.05, 4.69) is 9.71 Å². The Morgan fingerprint density at radius 3 is 2.62 bits per heavy atom. The summed E-state index contributed by atoms with van der Waals surface area (Å²) in [6, 6.07) is 11.7. The number of rotatable bonds is 8. The van der Waals surface area contributed by atoms with Gasteiger partial charge in [-0.15, -0.1) is 0 Å². The van der Waals surface area contributed by atoms with Gasteiger partial charge in [-0.2, -0.15) is 16.5 Å². The predicted molar refractivity (Wildman–Crippen MR) is 93.0 cm³/mol. The van der Waals surface area contributed by atoms with Crippen LogP contribution in [0.25, 0.3) is 0 Å². The quantitative estimate of drug-likeness (QED) is 0.718. The van der Waals surface area contributed by atoms with Crippen LogP contribution in [0, 0.1) is 0 Å². The summed E-state index contributed by atoms with van der Waals surface area (Å²) in [5.74, 6) is 0.312. The van der Waals surface area contributed by atoms with Gasteiger partial charge in [-0.05, 0) is 17.7 Å². The number of pyridine rings is 1. The molecule has 0 amide bonds. The third-order valence-electron chi connectivity index (χ3n) is 3.12. The molecule has 24 heavy (non-hydrogen) atoms. The van der Waals surface area contributed by atoms with Crippen molar-refractivity contribution in [2.24, 2.45) is 0 Å². The maximum atomic E-state index is 12.3. The van der Waals surface area contributed by atoms with Gasteiger partial charge in [0.05, 0.1) is 7.11 Å². The minimum absolute atomic E-state index is 0.00645. The van der Waals surface area contributed by atoms with Crippen LogP contribution in [0.3, 0.4) is 0 Å². The van der Waals surface area contributed by atoms with Crippen LogP contribution < -0.4 is 4.72 Å². The third-order valence-corrected chi connectivity index (χ3v) is 5.69. The molecule has 2 rings (SSSR count). The summed E-state index contributed by atoms with van der Waals surface area (Å²) in [6.07, 6.45) is 2.71. The lowest BCUT2D eigenvalue weighted by atomic mass is 10.2. The van der Waals surface area contributed by atoms with E-state index >= 15 is 0 Å². The molecule has 0 radical (unpaired) electrons. The molecule has 1 heterocycles. The Morgan fingerprint density at radius 1 is 1.25 bits per heavy atom. The Bertz CT molecular complexity index is 752. The minimum Gasteiger partial charge on any atom is -0.468 e. The number of nitrogens with zero attached hydrogens (tertiary/aromatic N) is 1. The first-order valence-electron chi connectivity index (χ1n) is 7.15. The summed E-state index contributed by atoms with van der Waals surface area (Å²) in [7, 11) is -2.60. The van der Waals surface area contributed by atoms with Crippen LogP contribution >= 0.6 is 11.8 Å². The summed E-state index contributed by atoms with van der Waals surface area (Å²) >= 11 is 1.45. The number of carbonyl (C=O) groups excluding carboxylic acids is 1. The Balaban J connectivity index is 2.02. The van der Waals surface area contributed by atoms with E-state index in [1.807, 2.05) is 30.3 Å². The summed E-state index contributed by atoms with van der Waals surface area (Å²) in [5.41, 5.74) is 1.10. The number of sulfonamides is 1. The lowest BCUT2D eigenvalue weighted by molar-refractivity contribution is -0.141. The monoisotopic (exact) mass is 366 g/mol. The number of benzene rings is 1. The largest absolute Gasteiger partial charge is 0.468 e. The van der Waals surface area contributed by atoms with Crippen molar-refractivity contribution in [3.63, 3.8) is 0 Å². The SMILES string of the molecule is COC(=O)[C@H](CSCc1ccccc1)NS(=O)(=O)c1cccnc1. The Morgan fingerprint density at radius 2 is 2.00 bits per heavy atom. The first kappa shape index (κ1) is 18.4. The van der Waals surface area contributed by atoms with E-state index in [0.29, 0.717) is 5.75 Å². The fourth-order valence-electron chi connectivity index (χ4n) is 1.92. The van der Waals surface area contributed by atoms with E-state index in [4.69, 9.17) is 4.74 Å². The minimum atomic E-state index is -3.84. The van der Waals surface area contributed by atoms with Gasteiger partial charge in [0.1, 0.15) is 10.9 Å². The average molecular weight is 366 g/mol. The van der Waals surface area contributed by atoms with Gasteiger partial charge in [-0.3, -0.25) is 9.78 Å². The molecule has 1 atom stereocenters. The smallest absolute Gasteiger partial charge is 0.324 e. The zero-order chi connectivity index (χ0) is 17.4. The van der Waals surface area contributed by atoms with Gasteiger partial charge < -0.3 is 4.74 Å². The lowest BCUT2D eigenvalue weighted by Gasteiger charge is -2.16. The highest BCUT2D eigenvalue weighted by atomic mass is 32.2. The molecule has 0 saturated heterocycles. The second kappa shape index (κ2) is 8.81. The predicted octanol–water partition coefficient (Wildman–Crippen LogP) is 1.83. The lowest BCUT2D eigenvalue weighted by Crippen LogP contribution is -2.43. The van der Waals surface area contributed by atoms with Crippen molar-refractivity contribution in [3.8, 4) is 0 Å². The molecule has 1 aromatic heterocycles. The van der Waals surface area contributed by atoms with E-state index in [1.165, 1.54) is 43.4 Å². The third kappa shape index (κ3) is 5.33. The van der Waals surface area contributed by atoms with E-state index in [1.54, 1.807) is 0 Å². The molecule has 0 aliphatic rings. The van der Waals surface area contributed by atoms with Gasteiger partial charge in [-0.25, -0.2) is 8.42 Å². The van der Waals surface area contributed by atoms with Gasteiger partial charge in [-0.1, -0.05) is 30.3 Å². The maximum absolute atomic E-state index is 12.3. The molecule has 0 saturated carbocycles. The van der Waals surface area contributed by atoms with E-state index in [0.717, 1.165) is 5.56 Å². The van der Waals surface area contributed by atoms with Gasteiger partial charge in [0, 0.05) is 23.9 Å². The maximum Gasteiger partial charge on any atom is 0.324 e. The van der Waals surface area contributed by atoms with Crippen molar-refractivity contribution >= 4 is 27.8 Å². The normalized spacial score (nSPS) is 12.5. The molecule has 0 fully saturated rings. The molecule has 128 valence electrons. The Labute approximate surface area is 145 Å². The van der Waals surface area contributed by atoms with Gasteiger partial charge in [0.2, 0.25) is 10.0 Å². The standard InChI is InChI=1S/C16H18N2O4S2/c1-22-16(19)15(12-23-11-13-6-3-2-4-7-13)18-24(20,21)14-8-5-9-17-10-14/h2-10,15,18H,11-12H2,1H3/t15-/m0/s1. The zero-order valence-electron chi connectivity index (χ0n) is 13.1. The van der Waals surface area contributed by atoms with Crippen LogP contribution in [-0.2, 0) is 25.3 Å². The first-order chi connectivity index (χ1) is 11.5. The molecule has 0 aliphatic heterocycles. The molecular formula is C16H18N2O4S2. The van der Waals surface area contributed by atoms with E-state index in [9.17, 15) is 13.2 Å². The van der Waals surface area contributed by atoms with Crippen LogP contribution in [0.2, 0.25) is 0 Å². The van der Waals surface area contributed by atoms with Crippen molar-refractivity contribution in [1.29, 1.82) is 0 Å². The van der Waals surface area contributed by atoms with E-state index < -0.39 is 22.0 Å². The molecule has 0 unspecified atom stereocenters. The Kier molecular flexibility index (Phi) is 6.77. The number of methoxy groups -OCH3 is 1. The highest BCUT2D eigenvalue weighted by molar-refractivity contribution is 7.98. The molecule has 0 aliphatic carbocycles. The number of hydrogen-bond acceptors (Lipinski definition) is 6. The van der Waals surface area contributed by atoms with Crippen molar-refractivity contribution in [2.75, 3.05) is 12.9 Å². The fourth-order valence-corrected chi connectivity index (χ4v) is 4.18. The van der Waals surface area contributed by atoms with Crippen LogP contribution in [-0.4, -0.2) is 38.3 Å². The van der Waals surface area contributed by atoms with Crippen molar-refractivity contribution < 1.29 is 17.9 Å². The van der Waals surface area contributed by atoms with Crippen LogP contribution in [0.5, 0.6) is 0 Å². The number of aromatic nitrogens is 1. The molecule has 1 N–H and O–H groups in total. The van der Waals surface area contributed by atoms with Crippen LogP contribution in [0.1, 0.15) is 5.56 Å². The summed E-state index contributed by atoms with van der Waals surface area (Å²) in [6.45, 7) is 0. The molecule has 1 aromatic carbocycles. The number of esters is 1. The number of hydrogen-bond donors (Lipinski definition) is 1. The molecule has 2 aromatic rings. The number of thioether (sulfide) groups is 1. The van der Waals surface area contributed by atoms with Gasteiger partial charge in [0.15, 0.2) is 0 Å². The van der Waals surface area contributed by atoms with Crippen LogP contribution in [0.15, 0.2) is 59.8 Å². The zero-order valence-corrected chi connectivity index (χ0v) is 14.7. The number of carbonyl (C=O) groups is 1. The van der Waals surface area contributed by atoms with Gasteiger partial charge in [0.25, 0.3) is 0 Å². The topological polar surface area (TPSA) is 85.4 Å². The molecule has 0 bridgehead atoms. The summed E-state index contributed by atoms with van der Waals surface area (Å²) in [5, 5.41) is 0. The summed E-state index contributed by atoms with van der Waals surface area (Å²) in [4.78, 5) is 15.7. The highest BCUT2D eigenvalue weighted by Gasteiger charge is 2.26. The van der Waals surface area contributed by atoms with Crippen molar-refractivity contribution in [2.45, 2.75) is 16.7 Å². The second-order valence-electron chi connectivity index (χ2n) is 4.89. The molecular weight excluding hydrogens is 348 g/mol.